The van der Waals surface area contributed by atoms with E-state index in [0.29, 0.717) is 5.56 Å². The molecule has 3 rings (SSSR count). The summed E-state index contributed by atoms with van der Waals surface area (Å²) >= 11 is 0. The normalized spacial score (nSPS) is 14.9. The number of piperazine rings is 1. The summed E-state index contributed by atoms with van der Waals surface area (Å²) in [4.78, 5) is 27.9. The van der Waals surface area contributed by atoms with Crippen molar-refractivity contribution in [1.29, 1.82) is 0 Å². The summed E-state index contributed by atoms with van der Waals surface area (Å²) in [6.07, 6.45) is 0. The van der Waals surface area contributed by atoms with Crippen LogP contribution in [0.25, 0.3) is 0 Å². The lowest BCUT2D eigenvalue weighted by molar-refractivity contribution is -0.117. The molecule has 0 aromatic heterocycles. The molecule has 5 nitrogen and oxygen atoms in total. The maximum Gasteiger partial charge on any atom is 0.238 e. The Bertz CT molecular complexity index is 828. The van der Waals surface area contributed by atoms with E-state index in [1.807, 2.05) is 31.2 Å². The standard InChI is InChI=1S/C21H24FN3O2/c1-15-3-8-20(19(22)13-15)23-21(27)14-24-9-11-25(12-10-24)18-6-4-17(5-7-18)16(2)26/h3-8,13H,9-12,14H2,1-2H3,(H,23,27). The molecule has 142 valence electrons. The predicted octanol–water partition coefficient (Wildman–Crippen LogP) is 3.10. The number of anilines is 2. The molecule has 1 saturated heterocycles. The lowest BCUT2D eigenvalue weighted by Gasteiger charge is -2.35. The lowest BCUT2D eigenvalue weighted by atomic mass is 10.1. The summed E-state index contributed by atoms with van der Waals surface area (Å²) < 4.78 is 13.9. The maximum atomic E-state index is 13.9. The van der Waals surface area contributed by atoms with Crippen LogP contribution in [-0.2, 0) is 4.79 Å². The summed E-state index contributed by atoms with van der Waals surface area (Å²) in [5.74, 6) is -0.568. The molecule has 2 aromatic carbocycles. The van der Waals surface area contributed by atoms with Crippen molar-refractivity contribution in [2.75, 3.05) is 42.9 Å². The molecule has 0 spiro atoms. The fourth-order valence-electron chi connectivity index (χ4n) is 3.19. The zero-order valence-corrected chi connectivity index (χ0v) is 15.7. The third-order valence-electron chi connectivity index (χ3n) is 4.78. The van der Waals surface area contributed by atoms with E-state index in [1.165, 1.54) is 6.07 Å². The van der Waals surface area contributed by atoms with E-state index in [4.69, 9.17) is 0 Å². The Morgan fingerprint density at radius 3 is 2.30 bits per heavy atom. The number of amides is 1. The Kier molecular flexibility index (Phi) is 5.86. The van der Waals surface area contributed by atoms with E-state index < -0.39 is 5.82 Å². The van der Waals surface area contributed by atoms with Crippen LogP contribution in [0.1, 0.15) is 22.8 Å². The highest BCUT2D eigenvalue weighted by Gasteiger charge is 2.20. The Balaban J connectivity index is 1.50. The van der Waals surface area contributed by atoms with Crippen LogP contribution in [0.5, 0.6) is 0 Å². The van der Waals surface area contributed by atoms with Crippen molar-refractivity contribution < 1.29 is 14.0 Å². The fraction of sp³-hybridized carbons (Fsp3) is 0.333. The first-order chi connectivity index (χ1) is 12.9. The number of nitrogens with zero attached hydrogens (tertiary/aromatic N) is 2. The molecule has 0 atom stereocenters. The van der Waals surface area contributed by atoms with Gasteiger partial charge < -0.3 is 10.2 Å². The summed E-state index contributed by atoms with van der Waals surface area (Å²) in [5, 5.41) is 2.64. The zero-order valence-electron chi connectivity index (χ0n) is 15.7. The summed E-state index contributed by atoms with van der Waals surface area (Å²) in [7, 11) is 0. The van der Waals surface area contributed by atoms with Crippen LogP contribution in [0.3, 0.4) is 0 Å². The second-order valence-electron chi connectivity index (χ2n) is 6.90. The number of hydrogen-bond acceptors (Lipinski definition) is 4. The molecule has 6 heteroatoms. The predicted molar refractivity (Wildman–Crippen MR) is 105 cm³/mol. The number of hydrogen-bond donors (Lipinski definition) is 1. The van der Waals surface area contributed by atoms with E-state index >= 15 is 0 Å². The second-order valence-corrected chi connectivity index (χ2v) is 6.90. The molecule has 0 radical (unpaired) electrons. The number of aryl methyl sites for hydroxylation is 1. The largest absolute Gasteiger partial charge is 0.369 e. The van der Waals surface area contributed by atoms with Crippen LogP contribution in [0.4, 0.5) is 15.8 Å². The zero-order chi connectivity index (χ0) is 19.4. The summed E-state index contributed by atoms with van der Waals surface area (Å²) in [5.41, 5.74) is 2.82. The quantitative estimate of drug-likeness (QED) is 0.823. The fourth-order valence-corrected chi connectivity index (χ4v) is 3.19. The average Bonchev–Trinajstić information content (AvgIpc) is 2.65. The van der Waals surface area contributed by atoms with Gasteiger partial charge in [-0.3, -0.25) is 14.5 Å². The van der Waals surface area contributed by atoms with Crippen molar-refractivity contribution in [3.63, 3.8) is 0 Å². The van der Waals surface area contributed by atoms with Crippen molar-refractivity contribution in [3.8, 4) is 0 Å². The van der Waals surface area contributed by atoms with Gasteiger partial charge in [-0.2, -0.15) is 0 Å². The lowest BCUT2D eigenvalue weighted by Crippen LogP contribution is -2.48. The van der Waals surface area contributed by atoms with Crippen molar-refractivity contribution in [2.24, 2.45) is 0 Å². The molecule has 27 heavy (non-hydrogen) atoms. The van der Waals surface area contributed by atoms with Gasteiger partial charge in [-0.1, -0.05) is 6.07 Å². The Labute approximate surface area is 158 Å². The number of ketones is 1. The van der Waals surface area contributed by atoms with E-state index in [2.05, 4.69) is 15.1 Å². The average molecular weight is 369 g/mol. The van der Waals surface area contributed by atoms with Gasteiger partial charge in [0.05, 0.1) is 12.2 Å². The highest BCUT2D eigenvalue weighted by Crippen LogP contribution is 2.18. The van der Waals surface area contributed by atoms with Gasteiger partial charge in [0.1, 0.15) is 5.82 Å². The maximum absolute atomic E-state index is 13.9. The van der Waals surface area contributed by atoms with Crippen LogP contribution >= 0.6 is 0 Å². The molecule has 1 fully saturated rings. The highest BCUT2D eigenvalue weighted by molar-refractivity contribution is 5.94. The molecule has 0 aliphatic carbocycles. The second kappa shape index (κ2) is 8.31. The van der Waals surface area contributed by atoms with Crippen LogP contribution in [0.2, 0.25) is 0 Å². The van der Waals surface area contributed by atoms with Gasteiger partial charge in [0.2, 0.25) is 5.91 Å². The third-order valence-corrected chi connectivity index (χ3v) is 4.78. The number of rotatable bonds is 5. The molecule has 1 aliphatic rings. The number of carbonyl (C=O) groups is 2. The Morgan fingerprint density at radius 1 is 1.04 bits per heavy atom. The summed E-state index contributed by atoms with van der Waals surface area (Å²) in [6, 6.07) is 12.4. The van der Waals surface area contributed by atoms with Gasteiger partial charge >= 0.3 is 0 Å². The Morgan fingerprint density at radius 2 is 1.70 bits per heavy atom. The molecule has 0 bridgehead atoms. The number of carbonyl (C=O) groups excluding carboxylic acids is 2. The molecule has 0 saturated carbocycles. The molecule has 0 unspecified atom stereocenters. The van der Waals surface area contributed by atoms with Crippen molar-refractivity contribution >= 4 is 23.1 Å². The topological polar surface area (TPSA) is 52.7 Å². The number of benzene rings is 2. The molecular formula is C21H24FN3O2. The smallest absolute Gasteiger partial charge is 0.238 e. The first-order valence-corrected chi connectivity index (χ1v) is 9.06. The van der Waals surface area contributed by atoms with Gasteiger partial charge in [0.25, 0.3) is 0 Å². The number of halogens is 1. The summed E-state index contributed by atoms with van der Waals surface area (Å²) in [6.45, 7) is 6.70. The third kappa shape index (κ3) is 4.92. The van der Waals surface area contributed by atoms with Crippen molar-refractivity contribution in [2.45, 2.75) is 13.8 Å². The van der Waals surface area contributed by atoms with E-state index in [-0.39, 0.29) is 23.9 Å². The van der Waals surface area contributed by atoms with Gasteiger partial charge in [-0.15, -0.1) is 0 Å². The van der Waals surface area contributed by atoms with E-state index in [9.17, 15) is 14.0 Å². The molecule has 1 N–H and O–H groups in total. The van der Waals surface area contributed by atoms with Crippen molar-refractivity contribution in [3.05, 3.63) is 59.4 Å². The minimum atomic E-state index is -0.415. The number of Topliss-reactive ketones (excluding diaryl/α,β-unsaturated/α-hetero) is 1. The minimum Gasteiger partial charge on any atom is -0.369 e. The molecular weight excluding hydrogens is 345 g/mol. The van der Waals surface area contributed by atoms with E-state index in [1.54, 1.807) is 19.1 Å². The molecule has 1 heterocycles. The van der Waals surface area contributed by atoms with Crippen LogP contribution in [-0.4, -0.2) is 49.3 Å². The number of nitrogens with one attached hydrogen (secondary N) is 1. The van der Waals surface area contributed by atoms with Crippen LogP contribution in [0, 0.1) is 12.7 Å². The Hall–Kier alpha value is -2.73. The van der Waals surface area contributed by atoms with Crippen LogP contribution in [0.15, 0.2) is 42.5 Å². The van der Waals surface area contributed by atoms with Gasteiger partial charge in [0, 0.05) is 37.4 Å². The highest BCUT2D eigenvalue weighted by atomic mass is 19.1. The SMILES string of the molecule is CC(=O)c1ccc(N2CCN(CC(=O)Nc3ccc(C)cc3F)CC2)cc1. The first-order valence-electron chi connectivity index (χ1n) is 9.06. The van der Waals surface area contributed by atoms with Gasteiger partial charge in [-0.25, -0.2) is 4.39 Å². The van der Waals surface area contributed by atoms with Crippen LogP contribution < -0.4 is 10.2 Å². The molecule has 1 amide bonds. The minimum absolute atomic E-state index is 0.0578. The van der Waals surface area contributed by atoms with Crippen molar-refractivity contribution in [1.82, 2.24) is 4.90 Å². The monoisotopic (exact) mass is 369 g/mol. The van der Waals surface area contributed by atoms with Gasteiger partial charge in [-0.05, 0) is 55.8 Å². The molecule has 2 aromatic rings. The molecule has 1 aliphatic heterocycles. The first kappa shape index (κ1) is 19.0. The van der Waals surface area contributed by atoms with E-state index in [0.717, 1.165) is 37.4 Å². The van der Waals surface area contributed by atoms with Gasteiger partial charge in [0.15, 0.2) is 5.78 Å².